The van der Waals surface area contributed by atoms with Crippen LogP contribution in [0.25, 0.3) is 0 Å². The Labute approximate surface area is 132 Å². The highest BCUT2D eigenvalue weighted by Crippen LogP contribution is 2.22. The summed E-state index contributed by atoms with van der Waals surface area (Å²) in [6, 6.07) is 6.24. The fourth-order valence-corrected chi connectivity index (χ4v) is 2.77. The van der Waals surface area contributed by atoms with Gasteiger partial charge in [0.1, 0.15) is 5.82 Å². The smallest absolute Gasteiger partial charge is 0.323 e. The van der Waals surface area contributed by atoms with E-state index in [1.54, 1.807) is 38.4 Å². The average molecular weight is 323 g/mol. The van der Waals surface area contributed by atoms with E-state index in [2.05, 4.69) is 10.3 Å². The van der Waals surface area contributed by atoms with Crippen LogP contribution < -0.4 is 5.32 Å². The quantitative estimate of drug-likeness (QED) is 0.889. The second-order valence-corrected chi connectivity index (χ2v) is 6.17. The third-order valence-corrected chi connectivity index (χ3v) is 3.89. The topological polar surface area (TPSA) is 65.5 Å². The van der Waals surface area contributed by atoms with Gasteiger partial charge in [-0.05, 0) is 18.6 Å². The molecule has 0 aliphatic carbocycles. The number of nitrogens with zero attached hydrogens (tertiary/aromatic N) is 2. The number of amides is 2. The van der Waals surface area contributed by atoms with E-state index in [4.69, 9.17) is 0 Å². The van der Waals surface area contributed by atoms with Crippen molar-refractivity contribution in [1.29, 1.82) is 0 Å². The van der Waals surface area contributed by atoms with Gasteiger partial charge in [0, 0.05) is 31.1 Å². The molecule has 7 heteroatoms. The molecule has 0 aliphatic rings. The second-order valence-electron chi connectivity index (χ2n) is 5.06. The number of likely N-dealkylation sites (N-methyl/N-ethyl adjacent to an activating group) is 1. The van der Waals surface area contributed by atoms with Crippen molar-refractivity contribution in [3.8, 4) is 0 Å². The molecule has 0 saturated carbocycles. The first kappa shape index (κ1) is 16.4. The minimum absolute atomic E-state index is 0.235. The molecular weight excluding hydrogens is 305 g/mol. The lowest BCUT2D eigenvalue weighted by Crippen LogP contribution is -2.36. The largest absolute Gasteiger partial charge is 0.392 e. The molecule has 0 fully saturated rings. The Hall–Kier alpha value is -1.99. The number of aromatic nitrogens is 1. The molecule has 0 aliphatic heterocycles. The van der Waals surface area contributed by atoms with Gasteiger partial charge in [0.25, 0.3) is 0 Å². The van der Waals surface area contributed by atoms with Crippen LogP contribution in [0.5, 0.6) is 0 Å². The SMILES string of the molecule is CC(O)CN(C)C(=O)Nc1ncc(Cc2ccccc2F)s1. The van der Waals surface area contributed by atoms with Crippen molar-refractivity contribution in [3.63, 3.8) is 0 Å². The summed E-state index contributed by atoms with van der Waals surface area (Å²) in [6.07, 6.45) is 1.47. The number of benzene rings is 1. The van der Waals surface area contributed by atoms with Crippen LogP contribution in [0, 0.1) is 5.82 Å². The fraction of sp³-hybridized carbons (Fsp3) is 0.333. The maximum atomic E-state index is 13.6. The Morgan fingerprint density at radius 1 is 1.50 bits per heavy atom. The summed E-state index contributed by atoms with van der Waals surface area (Å²) in [4.78, 5) is 18.2. The van der Waals surface area contributed by atoms with Crippen LogP contribution >= 0.6 is 11.3 Å². The number of urea groups is 1. The third-order valence-electron chi connectivity index (χ3n) is 2.97. The van der Waals surface area contributed by atoms with Crippen molar-refractivity contribution in [3.05, 3.63) is 46.7 Å². The number of nitrogens with one attached hydrogen (secondary N) is 1. The van der Waals surface area contributed by atoms with Crippen molar-refractivity contribution in [1.82, 2.24) is 9.88 Å². The van der Waals surface area contributed by atoms with Crippen molar-refractivity contribution in [2.75, 3.05) is 18.9 Å². The highest BCUT2D eigenvalue weighted by Gasteiger charge is 2.13. The van der Waals surface area contributed by atoms with Gasteiger partial charge < -0.3 is 10.0 Å². The number of aliphatic hydroxyl groups is 1. The van der Waals surface area contributed by atoms with Gasteiger partial charge in [-0.15, -0.1) is 11.3 Å². The Morgan fingerprint density at radius 3 is 2.91 bits per heavy atom. The molecule has 1 aromatic heterocycles. The lowest BCUT2D eigenvalue weighted by atomic mass is 10.1. The van der Waals surface area contributed by atoms with E-state index in [0.717, 1.165) is 4.88 Å². The minimum Gasteiger partial charge on any atom is -0.392 e. The fourth-order valence-electron chi connectivity index (χ4n) is 1.94. The summed E-state index contributed by atoms with van der Waals surface area (Å²) in [6.45, 7) is 1.85. The normalized spacial score (nSPS) is 12.0. The second kappa shape index (κ2) is 7.33. The summed E-state index contributed by atoms with van der Waals surface area (Å²) in [5, 5.41) is 12.4. The van der Waals surface area contributed by atoms with Gasteiger partial charge >= 0.3 is 6.03 Å². The zero-order valence-electron chi connectivity index (χ0n) is 12.4. The molecule has 0 radical (unpaired) electrons. The number of hydrogen-bond acceptors (Lipinski definition) is 4. The molecule has 1 unspecified atom stereocenters. The Balaban J connectivity index is 1.97. The van der Waals surface area contributed by atoms with Crippen LogP contribution in [-0.2, 0) is 6.42 Å². The minimum atomic E-state index is -0.594. The van der Waals surface area contributed by atoms with Gasteiger partial charge in [-0.2, -0.15) is 0 Å². The zero-order valence-corrected chi connectivity index (χ0v) is 13.2. The van der Waals surface area contributed by atoms with Crippen molar-refractivity contribution in [2.45, 2.75) is 19.4 Å². The maximum absolute atomic E-state index is 13.6. The first-order chi connectivity index (χ1) is 10.5. The molecule has 118 valence electrons. The third kappa shape index (κ3) is 4.51. The lowest BCUT2D eigenvalue weighted by molar-refractivity contribution is 0.149. The van der Waals surface area contributed by atoms with Gasteiger partial charge in [-0.3, -0.25) is 5.32 Å². The lowest BCUT2D eigenvalue weighted by Gasteiger charge is -2.18. The molecule has 2 N–H and O–H groups in total. The molecule has 0 spiro atoms. The van der Waals surface area contributed by atoms with Gasteiger partial charge in [-0.1, -0.05) is 18.2 Å². The molecule has 5 nitrogen and oxygen atoms in total. The molecule has 2 aromatic rings. The van der Waals surface area contributed by atoms with E-state index in [0.29, 0.717) is 17.1 Å². The highest BCUT2D eigenvalue weighted by atomic mass is 32.1. The number of carbonyl (C=O) groups is 1. The van der Waals surface area contributed by atoms with Crippen molar-refractivity contribution in [2.24, 2.45) is 0 Å². The van der Waals surface area contributed by atoms with Crippen molar-refractivity contribution < 1.29 is 14.3 Å². The van der Waals surface area contributed by atoms with E-state index >= 15 is 0 Å². The summed E-state index contributed by atoms with van der Waals surface area (Å²) < 4.78 is 13.6. The number of aliphatic hydroxyl groups excluding tert-OH is 1. The van der Waals surface area contributed by atoms with E-state index < -0.39 is 6.10 Å². The standard InChI is InChI=1S/C15H18FN3O2S/c1-10(20)9-19(2)15(21)18-14-17-8-12(22-14)7-11-5-3-4-6-13(11)16/h3-6,8,10,20H,7,9H2,1-2H3,(H,17,18,21). The summed E-state index contributed by atoms with van der Waals surface area (Å²) in [7, 11) is 1.59. The number of halogens is 1. The summed E-state index contributed by atoms with van der Waals surface area (Å²) >= 11 is 1.30. The zero-order chi connectivity index (χ0) is 16.1. The highest BCUT2D eigenvalue weighted by molar-refractivity contribution is 7.15. The Morgan fingerprint density at radius 2 is 2.23 bits per heavy atom. The van der Waals surface area contributed by atoms with Crippen LogP contribution in [0.1, 0.15) is 17.4 Å². The molecule has 2 amide bonds. The maximum Gasteiger partial charge on any atom is 0.323 e. The van der Waals surface area contributed by atoms with Gasteiger partial charge in [-0.25, -0.2) is 14.2 Å². The van der Waals surface area contributed by atoms with Crippen LogP contribution in [0.2, 0.25) is 0 Å². The van der Waals surface area contributed by atoms with E-state index in [9.17, 15) is 14.3 Å². The Kier molecular flexibility index (Phi) is 5.46. The van der Waals surface area contributed by atoms with Crippen LogP contribution in [0.3, 0.4) is 0 Å². The Bertz CT molecular complexity index is 645. The first-order valence-corrected chi connectivity index (χ1v) is 7.65. The monoisotopic (exact) mass is 323 g/mol. The van der Waals surface area contributed by atoms with Crippen LogP contribution in [0.15, 0.2) is 30.5 Å². The molecule has 1 heterocycles. The molecule has 2 rings (SSSR count). The van der Waals surface area contributed by atoms with Gasteiger partial charge in [0.15, 0.2) is 5.13 Å². The first-order valence-electron chi connectivity index (χ1n) is 6.84. The molecule has 0 saturated heterocycles. The molecular formula is C15H18FN3O2S. The summed E-state index contributed by atoms with van der Waals surface area (Å²) in [5.41, 5.74) is 0.593. The van der Waals surface area contributed by atoms with E-state index in [1.165, 1.54) is 22.3 Å². The van der Waals surface area contributed by atoms with E-state index in [1.807, 2.05) is 0 Å². The van der Waals surface area contributed by atoms with Crippen LogP contribution in [-0.4, -0.2) is 40.7 Å². The average Bonchev–Trinajstić information content (AvgIpc) is 2.88. The van der Waals surface area contributed by atoms with Gasteiger partial charge in [0.05, 0.1) is 6.10 Å². The van der Waals surface area contributed by atoms with Crippen molar-refractivity contribution >= 4 is 22.5 Å². The summed E-state index contributed by atoms with van der Waals surface area (Å²) in [5.74, 6) is -0.252. The molecule has 22 heavy (non-hydrogen) atoms. The van der Waals surface area contributed by atoms with Gasteiger partial charge in [0.2, 0.25) is 0 Å². The number of carbonyl (C=O) groups excluding carboxylic acids is 1. The predicted molar refractivity (Wildman–Crippen MR) is 84.6 cm³/mol. The number of anilines is 1. The molecule has 1 atom stereocenters. The number of thiazole rings is 1. The molecule has 1 aromatic carbocycles. The molecule has 0 bridgehead atoms. The number of hydrogen-bond donors (Lipinski definition) is 2. The van der Waals surface area contributed by atoms with Crippen LogP contribution in [0.4, 0.5) is 14.3 Å². The predicted octanol–water partition coefficient (Wildman–Crippen LogP) is 2.72. The number of rotatable bonds is 5. The van der Waals surface area contributed by atoms with E-state index in [-0.39, 0.29) is 18.4 Å².